The molecule has 136 valence electrons. The molecule has 6 nitrogen and oxygen atoms in total. The molecule has 0 aliphatic heterocycles. The molecule has 0 N–H and O–H groups in total. The maximum Gasteiger partial charge on any atom is 0.342 e. The van der Waals surface area contributed by atoms with Crippen LogP contribution in [0.1, 0.15) is 64.2 Å². The fraction of sp³-hybridized carbons (Fsp3) is 1.00. The van der Waals surface area contributed by atoms with Crippen LogP contribution in [-0.4, -0.2) is 32.3 Å². The van der Waals surface area contributed by atoms with E-state index in [2.05, 4.69) is 0 Å². The molecule has 8 heteroatoms. The van der Waals surface area contributed by atoms with E-state index in [4.69, 9.17) is 18.1 Å². The smallest absolute Gasteiger partial charge is 0.311 e. The van der Waals surface area contributed by atoms with Crippen molar-refractivity contribution in [1.82, 2.24) is 0 Å². The lowest BCUT2D eigenvalue weighted by molar-refractivity contribution is 0.118. The minimum atomic E-state index is -3.49. The van der Waals surface area contributed by atoms with Crippen LogP contribution in [0.3, 0.4) is 0 Å². The van der Waals surface area contributed by atoms with E-state index in [1.807, 2.05) is 0 Å². The molecular weight excluding hydrogens is 338 g/mol. The molecule has 0 heterocycles. The number of hydrogen-bond acceptors (Lipinski definition) is 6. The van der Waals surface area contributed by atoms with Gasteiger partial charge in [0.25, 0.3) is 0 Å². The lowest BCUT2D eigenvalue weighted by Crippen LogP contribution is -2.19. The topological polar surface area (TPSA) is 71.1 Å². The lowest BCUT2D eigenvalue weighted by atomic mass is 9.98. The van der Waals surface area contributed by atoms with Gasteiger partial charge in [0.15, 0.2) is 5.90 Å². The van der Waals surface area contributed by atoms with Crippen LogP contribution >= 0.6 is 15.2 Å². The predicted molar refractivity (Wildman–Crippen MR) is 90.0 cm³/mol. The Kier molecular flexibility index (Phi) is 7.78. The molecule has 2 aliphatic rings. The van der Waals surface area contributed by atoms with Gasteiger partial charge in [-0.05, 0) is 25.7 Å². The molecule has 2 aliphatic carbocycles. The Morgan fingerprint density at radius 3 is 1.35 bits per heavy atom. The standard InChI is InChI=1S/C15H30O6P2/c1-18-22(16,20-14-9-5-3-6-10-14)13-23(17,19-2)21-15-11-7-4-8-12-15/h14-15H,3-13H2,1-2H3. The summed E-state index contributed by atoms with van der Waals surface area (Å²) in [4.78, 5) is 0. The molecule has 0 saturated heterocycles. The number of rotatable bonds is 8. The van der Waals surface area contributed by atoms with Crippen molar-refractivity contribution in [2.24, 2.45) is 0 Å². The Morgan fingerprint density at radius 2 is 1.04 bits per heavy atom. The molecule has 2 atom stereocenters. The third-order valence-corrected chi connectivity index (χ3v) is 9.75. The van der Waals surface area contributed by atoms with E-state index < -0.39 is 15.2 Å². The molecule has 2 saturated carbocycles. The van der Waals surface area contributed by atoms with E-state index in [1.165, 1.54) is 27.1 Å². The van der Waals surface area contributed by atoms with Gasteiger partial charge in [0, 0.05) is 14.2 Å². The molecular formula is C15H30O6P2. The second-order valence-corrected chi connectivity index (χ2v) is 11.2. The van der Waals surface area contributed by atoms with Crippen LogP contribution in [-0.2, 0) is 27.2 Å². The Morgan fingerprint density at radius 1 is 0.696 bits per heavy atom. The minimum Gasteiger partial charge on any atom is -0.311 e. The summed E-state index contributed by atoms with van der Waals surface area (Å²) in [5.74, 6) is -0.306. The highest BCUT2D eigenvalue weighted by atomic mass is 31.2. The normalized spacial score (nSPS) is 26.5. The van der Waals surface area contributed by atoms with Gasteiger partial charge in [0.05, 0.1) is 12.2 Å². The highest BCUT2D eigenvalue weighted by Gasteiger charge is 2.41. The first-order chi connectivity index (χ1) is 11.0. The molecule has 0 spiro atoms. The van der Waals surface area contributed by atoms with Crippen LogP contribution in [0, 0.1) is 0 Å². The molecule has 0 radical (unpaired) electrons. The van der Waals surface area contributed by atoms with Crippen molar-refractivity contribution < 1.29 is 27.2 Å². The van der Waals surface area contributed by atoms with Gasteiger partial charge < -0.3 is 18.1 Å². The van der Waals surface area contributed by atoms with E-state index in [0.29, 0.717) is 0 Å². The molecule has 2 rings (SSSR count). The SMILES string of the molecule is COP(=O)(CP(=O)(OC)OC1CCCCC1)OC1CCCCC1. The van der Waals surface area contributed by atoms with Crippen molar-refractivity contribution in [3.05, 3.63) is 0 Å². The minimum absolute atomic E-state index is 0.0884. The van der Waals surface area contributed by atoms with Gasteiger partial charge in [0.1, 0.15) is 0 Å². The van der Waals surface area contributed by atoms with Crippen LogP contribution in [0.5, 0.6) is 0 Å². The fourth-order valence-electron chi connectivity index (χ4n) is 3.28. The number of hydrogen-bond donors (Lipinski definition) is 0. The maximum absolute atomic E-state index is 12.9. The summed E-state index contributed by atoms with van der Waals surface area (Å²) in [6.07, 6.45) is 9.92. The summed E-state index contributed by atoms with van der Waals surface area (Å²) in [5.41, 5.74) is 0. The Hall–Kier alpha value is 0.300. The van der Waals surface area contributed by atoms with Crippen LogP contribution in [0.15, 0.2) is 0 Å². The van der Waals surface area contributed by atoms with Gasteiger partial charge in [-0.2, -0.15) is 0 Å². The summed E-state index contributed by atoms with van der Waals surface area (Å²) in [6, 6.07) is 0. The van der Waals surface area contributed by atoms with E-state index in [0.717, 1.165) is 51.4 Å². The average Bonchev–Trinajstić information content (AvgIpc) is 2.56. The summed E-state index contributed by atoms with van der Waals surface area (Å²) in [7, 11) is -4.30. The Balaban J connectivity index is 1.97. The average molecular weight is 368 g/mol. The predicted octanol–water partition coefficient (Wildman–Crippen LogP) is 5.32. The first kappa shape index (κ1) is 19.6. The molecule has 0 aromatic rings. The quantitative estimate of drug-likeness (QED) is 0.540. The van der Waals surface area contributed by atoms with Crippen molar-refractivity contribution in [3.8, 4) is 0 Å². The van der Waals surface area contributed by atoms with Crippen LogP contribution in [0.25, 0.3) is 0 Å². The van der Waals surface area contributed by atoms with Crippen molar-refractivity contribution in [2.45, 2.75) is 76.4 Å². The summed E-state index contributed by atoms with van der Waals surface area (Å²) < 4.78 is 47.5. The highest BCUT2D eigenvalue weighted by molar-refractivity contribution is 7.71. The third-order valence-electron chi connectivity index (χ3n) is 4.63. The van der Waals surface area contributed by atoms with Gasteiger partial charge in [-0.3, -0.25) is 9.13 Å². The van der Waals surface area contributed by atoms with Crippen molar-refractivity contribution in [2.75, 3.05) is 20.1 Å². The fourth-order valence-corrected chi connectivity index (χ4v) is 7.93. The van der Waals surface area contributed by atoms with E-state index in [9.17, 15) is 9.13 Å². The van der Waals surface area contributed by atoms with Crippen molar-refractivity contribution in [3.63, 3.8) is 0 Å². The molecule has 0 aromatic heterocycles. The van der Waals surface area contributed by atoms with Crippen LogP contribution in [0.4, 0.5) is 0 Å². The third kappa shape index (κ3) is 6.26. The van der Waals surface area contributed by atoms with Gasteiger partial charge in [0.2, 0.25) is 0 Å². The van der Waals surface area contributed by atoms with E-state index >= 15 is 0 Å². The first-order valence-corrected chi connectivity index (χ1v) is 12.1. The molecule has 0 bridgehead atoms. The van der Waals surface area contributed by atoms with Gasteiger partial charge >= 0.3 is 15.2 Å². The second-order valence-electron chi connectivity index (χ2n) is 6.46. The van der Waals surface area contributed by atoms with E-state index in [-0.39, 0.29) is 18.1 Å². The molecule has 0 amide bonds. The van der Waals surface area contributed by atoms with Crippen LogP contribution in [0.2, 0.25) is 0 Å². The zero-order valence-corrected chi connectivity index (χ0v) is 16.1. The zero-order chi connectivity index (χ0) is 16.8. The highest BCUT2D eigenvalue weighted by Crippen LogP contribution is 2.65. The summed E-state index contributed by atoms with van der Waals surface area (Å²) in [5, 5.41) is 0. The van der Waals surface area contributed by atoms with Crippen LogP contribution < -0.4 is 0 Å². The van der Waals surface area contributed by atoms with Crippen molar-refractivity contribution >= 4 is 15.2 Å². The molecule has 0 aromatic carbocycles. The second kappa shape index (κ2) is 9.12. The molecule has 2 unspecified atom stereocenters. The Labute approximate surface area is 139 Å². The molecule has 23 heavy (non-hydrogen) atoms. The first-order valence-electron chi connectivity index (χ1n) is 8.65. The van der Waals surface area contributed by atoms with Crippen molar-refractivity contribution in [1.29, 1.82) is 0 Å². The lowest BCUT2D eigenvalue weighted by Gasteiger charge is -2.30. The Bertz CT molecular complexity index is 403. The van der Waals surface area contributed by atoms with Gasteiger partial charge in [-0.25, -0.2) is 0 Å². The monoisotopic (exact) mass is 368 g/mol. The van der Waals surface area contributed by atoms with Gasteiger partial charge in [-0.1, -0.05) is 38.5 Å². The van der Waals surface area contributed by atoms with E-state index in [1.54, 1.807) is 0 Å². The largest absolute Gasteiger partial charge is 0.342 e. The summed E-state index contributed by atoms with van der Waals surface area (Å²) in [6.45, 7) is 0. The maximum atomic E-state index is 12.9. The zero-order valence-electron chi connectivity index (χ0n) is 14.3. The molecule has 2 fully saturated rings. The van der Waals surface area contributed by atoms with Gasteiger partial charge in [-0.15, -0.1) is 0 Å². The summed E-state index contributed by atoms with van der Waals surface area (Å²) >= 11 is 0.